The monoisotopic (exact) mass is 834 g/mol. The maximum Gasteiger partial charge on any atom is 0.500 e. The molecule has 4 heterocycles. The summed E-state index contributed by atoms with van der Waals surface area (Å²) >= 11 is 0. The Kier molecular flexibility index (Phi) is 13.1. The number of hydrogen-bond donors (Lipinski definition) is 4. The quantitative estimate of drug-likeness (QED) is 0.128. The molecule has 4 atom stereocenters. The van der Waals surface area contributed by atoms with Gasteiger partial charge in [0.1, 0.15) is 35.2 Å². The van der Waals surface area contributed by atoms with E-state index in [2.05, 4.69) is 30.6 Å². The molecular weight excluding hydrogens is 785 g/mol. The standard InChI is InChI=1S/C40H50N8O10S/c1-23(2)33(45-39(51)55-5)37(49)47-18-8-12-31(47)35-41-21-29(43-35)25-14-16-27(17-15-25)57-59(53,54)58-28-11-7-10-26(20-28)30-22-42-36(44-30)32-13-9-19-48(32)38(50)34(24(3)4)46-40(52)56-6/h7,10-11,14-17,20-24,31-34H,8-9,12-13,18-19H2,1-6H3,(H,41,43)(H,42,44)(H,45,51)(H,46,52)/t31-,32-,33+,34+/m0/s1. The minimum Gasteiger partial charge on any atom is -0.453 e. The molecule has 2 aliphatic heterocycles. The number of carbonyl (C=O) groups excluding carboxylic acids is 4. The zero-order chi connectivity index (χ0) is 42.4. The van der Waals surface area contributed by atoms with E-state index < -0.39 is 34.7 Å². The van der Waals surface area contributed by atoms with Crippen molar-refractivity contribution in [3.63, 3.8) is 0 Å². The van der Waals surface area contributed by atoms with Crippen LogP contribution in [-0.2, 0) is 29.5 Å². The highest BCUT2D eigenvalue weighted by atomic mass is 32.3. The van der Waals surface area contributed by atoms with Gasteiger partial charge in [-0.1, -0.05) is 39.8 Å². The summed E-state index contributed by atoms with van der Waals surface area (Å²) in [6, 6.07) is 10.5. The molecule has 18 nitrogen and oxygen atoms in total. The molecule has 6 rings (SSSR count). The van der Waals surface area contributed by atoms with Gasteiger partial charge in [-0.25, -0.2) is 19.6 Å². The Labute approximate surface area is 342 Å². The lowest BCUT2D eigenvalue weighted by Crippen LogP contribution is -2.51. The molecule has 0 saturated carbocycles. The van der Waals surface area contributed by atoms with Gasteiger partial charge in [0, 0.05) is 18.7 Å². The Morgan fingerprint density at radius 1 is 0.695 bits per heavy atom. The predicted molar refractivity (Wildman–Crippen MR) is 214 cm³/mol. The number of likely N-dealkylation sites (tertiary alicyclic amines) is 2. The van der Waals surface area contributed by atoms with Crippen LogP contribution >= 0.6 is 0 Å². The number of amides is 4. The van der Waals surface area contributed by atoms with E-state index in [0.717, 1.165) is 12.8 Å². The van der Waals surface area contributed by atoms with E-state index in [0.29, 0.717) is 60.1 Å². The summed E-state index contributed by atoms with van der Waals surface area (Å²) in [5.41, 5.74) is 2.52. The molecule has 19 heteroatoms. The zero-order valence-corrected chi connectivity index (χ0v) is 34.6. The van der Waals surface area contributed by atoms with Gasteiger partial charge in [-0.15, -0.1) is 8.42 Å². The number of ether oxygens (including phenoxy) is 2. The van der Waals surface area contributed by atoms with Crippen molar-refractivity contribution in [3.05, 3.63) is 72.6 Å². The topological polar surface area (TPSA) is 227 Å². The van der Waals surface area contributed by atoms with E-state index >= 15 is 0 Å². The maximum absolute atomic E-state index is 13.5. The van der Waals surface area contributed by atoms with Crippen LogP contribution in [0.5, 0.6) is 11.5 Å². The van der Waals surface area contributed by atoms with Gasteiger partial charge in [0.25, 0.3) is 0 Å². The first-order chi connectivity index (χ1) is 28.2. The number of methoxy groups -OCH3 is 2. The lowest BCUT2D eigenvalue weighted by molar-refractivity contribution is -0.136. The number of nitrogens with zero attached hydrogens (tertiary/aromatic N) is 4. The average Bonchev–Trinajstić information content (AvgIpc) is 4.05. The zero-order valence-electron chi connectivity index (χ0n) is 33.8. The third-order valence-corrected chi connectivity index (χ3v) is 11.2. The van der Waals surface area contributed by atoms with Crippen LogP contribution in [0.4, 0.5) is 9.59 Å². The smallest absolute Gasteiger partial charge is 0.453 e. The average molecular weight is 835 g/mol. The summed E-state index contributed by atoms with van der Waals surface area (Å²) in [6.45, 7) is 8.42. The van der Waals surface area contributed by atoms with Crippen LogP contribution in [-0.4, -0.2) is 102 Å². The molecule has 2 aromatic heterocycles. The van der Waals surface area contributed by atoms with Crippen molar-refractivity contribution in [2.24, 2.45) is 11.8 Å². The second kappa shape index (κ2) is 18.2. The normalized spacial score (nSPS) is 17.8. The minimum atomic E-state index is -4.56. The Morgan fingerprint density at radius 2 is 1.17 bits per heavy atom. The first kappa shape index (κ1) is 42.5. The van der Waals surface area contributed by atoms with Crippen LogP contribution in [0, 0.1) is 11.8 Å². The van der Waals surface area contributed by atoms with Crippen molar-refractivity contribution in [1.82, 2.24) is 40.4 Å². The van der Waals surface area contributed by atoms with Crippen LogP contribution in [0.3, 0.4) is 0 Å². The van der Waals surface area contributed by atoms with Crippen molar-refractivity contribution in [3.8, 4) is 34.0 Å². The molecule has 0 radical (unpaired) electrons. The summed E-state index contributed by atoms with van der Waals surface area (Å²) in [5, 5.41) is 5.28. The van der Waals surface area contributed by atoms with Crippen LogP contribution in [0.25, 0.3) is 22.5 Å². The molecule has 2 fully saturated rings. The number of alkyl carbamates (subject to hydrolysis) is 2. The van der Waals surface area contributed by atoms with E-state index in [-0.39, 0.29) is 47.2 Å². The fraction of sp³-hybridized carbons (Fsp3) is 0.450. The van der Waals surface area contributed by atoms with Gasteiger partial charge in [-0.2, -0.15) is 0 Å². The summed E-state index contributed by atoms with van der Waals surface area (Å²) in [5.74, 6) is 0.394. The molecule has 4 N–H and O–H groups in total. The highest BCUT2D eigenvalue weighted by Gasteiger charge is 2.39. The summed E-state index contributed by atoms with van der Waals surface area (Å²) in [4.78, 5) is 70.0. The lowest BCUT2D eigenvalue weighted by Gasteiger charge is -2.30. The van der Waals surface area contributed by atoms with Crippen molar-refractivity contribution in [2.45, 2.75) is 77.5 Å². The SMILES string of the molecule is COC(=O)N[C@@H](C(=O)N1CCC[C@H]1c1ncc(-c2ccc(OS(=O)(=O)Oc3cccc(-c4cnc([C@@H]5CCCN5C(=O)[C@H](NC(=O)OC)C(C)C)[nH]4)c3)cc2)[nH]1)C(C)C. The van der Waals surface area contributed by atoms with Crippen molar-refractivity contribution in [1.29, 1.82) is 0 Å². The molecular formula is C40H50N8O10S. The molecule has 0 unspecified atom stereocenters. The van der Waals surface area contributed by atoms with E-state index in [1.807, 2.05) is 27.7 Å². The third-order valence-electron chi connectivity index (χ3n) is 10.4. The van der Waals surface area contributed by atoms with Gasteiger partial charge in [0.15, 0.2) is 0 Å². The Balaban J connectivity index is 1.08. The minimum absolute atomic E-state index is 0.00632. The number of carbonyl (C=O) groups is 4. The molecule has 2 saturated heterocycles. The van der Waals surface area contributed by atoms with Crippen LogP contribution < -0.4 is 19.0 Å². The van der Waals surface area contributed by atoms with E-state index in [1.54, 1.807) is 46.5 Å². The summed E-state index contributed by atoms with van der Waals surface area (Å²) in [6.07, 6.45) is 4.78. The van der Waals surface area contributed by atoms with Gasteiger partial charge in [-0.05, 0) is 79.5 Å². The van der Waals surface area contributed by atoms with Gasteiger partial charge in [-0.3, -0.25) is 9.59 Å². The molecule has 316 valence electrons. The highest BCUT2D eigenvalue weighted by molar-refractivity contribution is 7.82. The number of benzene rings is 2. The Bertz CT molecular complexity index is 2240. The summed E-state index contributed by atoms with van der Waals surface area (Å²) < 4.78 is 46.1. The van der Waals surface area contributed by atoms with Crippen LogP contribution in [0.2, 0.25) is 0 Å². The van der Waals surface area contributed by atoms with Crippen molar-refractivity contribution in [2.75, 3.05) is 27.3 Å². The molecule has 0 spiro atoms. The molecule has 4 aromatic rings. The third kappa shape index (κ3) is 9.96. The number of rotatable bonds is 14. The molecule has 2 aromatic carbocycles. The number of H-pyrrole nitrogens is 2. The van der Waals surface area contributed by atoms with E-state index in [1.165, 1.54) is 38.5 Å². The van der Waals surface area contributed by atoms with E-state index in [4.69, 9.17) is 17.8 Å². The van der Waals surface area contributed by atoms with Crippen LogP contribution in [0.15, 0.2) is 60.9 Å². The van der Waals surface area contributed by atoms with Gasteiger partial charge >= 0.3 is 22.6 Å². The maximum atomic E-state index is 13.5. The largest absolute Gasteiger partial charge is 0.500 e. The van der Waals surface area contributed by atoms with Crippen LogP contribution in [0.1, 0.15) is 77.1 Å². The summed E-state index contributed by atoms with van der Waals surface area (Å²) in [7, 11) is -2.06. The number of aromatic nitrogens is 4. The molecule has 0 aliphatic carbocycles. The second-order valence-corrected chi connectivity index (χ2v) is 16.2. The fourth-order valence-electron chi connectivity index (χ4n) is 7.35. The second-order valence-electron chi connectivity index (χ2n) is 15.1. The first-order valence-corrected chi connectivity index (χ1v) is 20.8. The highest BCUT2D eigenvalue weighted by Crippen LogP contribution is 2.35. The van der Waals surface area contributed by atoms with Gasteiger partial charge < -0.3 is 48.2 Å². The number of nitrogens with one attached hydrogen (secondary N) is 4. The lowest BCUT2D eigenvalue weighted by atomic mass is 10.0. The predicted octanol–water partition coefficient (Wildman–Crippen LogP) is 5.26. The number of aromatic amines is 2. The Hall–Kier alpha value is -6.11. The molecule has 4 amide bonds. The van der Waals surface area contributed by atoms with Crippen molar-refractivity contribution < 1.29 is 45.4 Å². The molecule has 0 bridgehead atoms. The van der Waals surface area contributed by atoms with Gasteiger partial charge in [0.05, 0.1) is 50.1 Å². The fourth-order valence-corrected chi connectivity index (χ4v) is 8.07. The van der Waals surface area contributed by atoms with Gasteiger partial charge in [0.2, 0.25) is 11.8 Å². The van der Waals surface area contributed by atoms with E-state index in [9.17, 15) is 27.6 Å². The van der Waals surface area contributed by atoms with Crippen molar-refractivity contribution >= 4 is 34.4 Å². The number of imidazole rings is 2. The first-order valence-electron chi connectivity index (χ1n) is 19.4. The Morgan fingerprint density at radius 3 is 1.64 bits per heavy atom. The molecule has 2 aliphatic rings. The molecule has 59 heavy (non-hydrogen) atoms. The number of hydrogen-bond acceptors (Lipinski definition) is 12.